The fraction of sp³-hybridized carbons (Fsp3) is 0.280. The summed E-state index contributed by atoms with van der Waals surface area (Å²) in [5, 5.41) is 25.6. The number of amides is 2. The highest BCUT2D eigenvalue weighted by Crippen LogP contribution is 2.26. The minimum absolute atomic E-state index is 0.00162. The van der Waals surface area contributed by atoms with Crippen molar-refractivity contribution < 1.29 is 19.2 Å². The lowest BCUT2D eigenvalue weighted by Crippen LogP contribution is -2.33. The molecule has 0 radical (unpaired) electrons. The Kier molecular flexibility index (Phi) is 9.39. The van der Waals surface area contributed by atoms with Crippen molar-refractivity contribution in [1.29, 1.82) is 0 Å². The van der Waals surface area contributed by atoms with Gasteiger partial charge in [0.05, 0.1) is 23.8 Å². The number of hydrogen-bond acceptors (Lipinski definition) is 8. The summed E-state index contributed by atoms with van der Waals surface area (Å²) in [6, 6.07) is 12.0. The van der Waals surface area contributed by atoms with Gasteiger partial charge in [-0.15, -0.1) is 16.8 Å². The summed E-state index contributed by atoms with van der Waals surface area (Å²) in [5.41, 5.74) is 0.875. The number of benzene rings is 2. The fourth-order valence-electron chi connectivity index (χ4n) is 3.43. The SMILES string of the molecule is C=CCn1c(SCC(=O)Nc2ccc([N+](=O)[O-])cc2)nnc1C(NC(=O)c1ccc(OC)cc1)C(C)C. The summed E-state index contributed by atoms with van der Waals surface area (Å²) in [6.07, 6.45) is 1.69. The molecule has 0 saturated heterocycles. The third-order valence-electron chi connectivity index (χ3n) is 5.34. The molecule has 1 unspecified atom stereocenters. The molecule has 0 aliphatic rings. The minimum atomic E-state index is -0.505. The van der Waals surface area contributed by atoms with E-state index in [0.717, 1.165) is 0 Å². The molecule has 11 nitrogen and oxygen atoms in total. The average molecular weight is 525 g/mol. The molecule has 0 aliphatic heterocycles. The summed E-state index contributed by atoms with van der Waals surface area (Å²) in [5.74, 6) is 0.680. The number of nitro benzene ring substituents is 1. The summed E-state index contributed by atoms with van der Waals surface area (Å²) in [4.78, 5) is 35.7. The van der Waals surface area contributed by atoms with Gasteiger partial charge >= 0.3 is 0 Å². The molecular weight excluding hydrogens is 496 g/mol. The molecule has 0 spiro atoms. The largest absolute Gasteiger partial charge is 0.497 e. The number of methoxy groups -OCH3 is 1. The molecule has 0 bridgehead atoms. The molecule has 194 valence electrons. The molecule has 1 heterocycles. The van der Waals surface area contributed by atoms with Crippen molar-refractivity contribution in [2.75, 3.05) is 18.2 Å². The molecule has 3 aromatic rings. The van der Waals surface area contributed by atoms with E-state index in [9.17, 15) is 19.7 Å². The summed E-state index contributed by atoms with van der Waals surface area (Å²) < 4.78 is 6.97. The predicted octanol–water partition coefficient (Wildman–Crippen LogP) is 4.24. The van der Waals surface area contributed by atoms with Crippen LogP contribution in [-0.4, -0.2) is 44.4 Å². The molecule has 2 aromatic carbocycles. The molecule has 0 aliphatic carbocycles. The number of allylic oxidation sites excluding steroid dienone is 1. The van der Waals surface area contributed by atoms with Crippen LogP contribution in [0.2, 0.25) is 0 Å². The number of nitrogens with one attached hydrogen (secondary N) is 2. The predicted molar refractivity (Wildman–Crippen MR) is 141 cm³/mol. The maximum atomic E-state index is 12.9. The van der Waals surface area contributed by atoms with Crippen molar-refractivity contribution in [3.8, 4) is 5.75 Å². The topological polar surface area (TPSA) is 141 Å². The van der Waals surface area contributed by atoms with Gasteiger partial charge in [-0.2, -0.15) is 0 Å². The molecule has 12 heteroatoms. The van der Waals surface area contributed by atoms with Crippen LogP contribution in [0.5, 0.6) is 5.75 Å². The Morgan fingerprint density at radius 2 is 1.84 bits per heavy atom. The van der Waals surface area contributed by atoms with Gasteiger partial charge in [-0.05, 0) is 42.3 Å². The zero-order valence-corrected chi connectivity index (χ0v) is 21.5. The van der Waals surface area contributed by atoms with Crippen LogP contribution in [-0.2, 0) is 11.3 Å². The fourth-order valence-corrected chi connectivity index (χ4v) is 4.18. The van der Waals surface area contributed by atoms with Crippen LogP contribution in [0.15, 0.2) is 66.3 Å². The second-order valence-electron chi connectivity index (χ2n) is 8.30. The van der Waals surface area contributed by atoms with Crippen LogP contribution < -0.4 is 15.4 Å². The van der Waals surface area contributed by atoms with Crippen molar-refractivity contribution in [3.05, 3.63) is 82.7 Å². The quantitative estimate of drug-likeness (QED) is 0.155. The van der Waals surface area contributed by atoms with E-state index in [-0.39, 0.29) is 29.2 Å². The third kappa shape index (κ3) is 7.17. The zero-order valence-electron chi connectivity index (χ0n) is 20.7. The normalized spacial score (nSPS) is 11.6. The first-order chi connectivity index (χ1) is 17.7. The van der Waals surface area contributed by atoms with E-state index < -0.39 is 11.0 Å². The average Bonchev–Trinajstić information content (AvgIpc) is 3.28. The van der Waals surface area contributed by atoms with Gasteiger partial charge < -0.3 is 19.9 Å². The van der Waals surface area contributed by atoms with Gasteiger partial charge in [0.25, 0.3) is 11.6 Å². The third-order valence-corrected chi connectivity index (χ3v) is 6.30. The van der Waals surface area contributed by atoms with E-state index in [1.807, 2.05) is 18.4 Å². The number of carbonyl (C=O) groups is 2. The Morgan fingerprint density at radius 1 is 1.16 bits per heavy atom. The second-order valence-corrected chi connectivity index (χ2v) is 9.25. The van der Waals surface area contributed by atoms with Crippen molar-refractivity contribution in [2.24, 2.45) is 5.92 Å². The van der Waals surface area contributed by atoms with Crippen molar-refractivity contribution in [3.63, 3.8) is 0 Å². The number of aromatic nitrogens is 3. The highest BCUT2D eigenvalue weighted by Gasteiger charge is 2.26. The summed E-state index contributed by atoms with van der Waals surface area (Å²) in [7, 11) is 1.56. The van der Waals surface area contributed by atoms with Gasteiger partial charge in [-0.3, -0.25) is 19.7 Å². The number of rotatable bonds is 12. The van der Waals surface area contributed by atoms with Crippen LogP contribution in [0.1, 0.15) is 36.1 Å². The van der Waals surface area contributed by atoms with Crippen LogP contribution in [0, 0.1) is 16.0 Å². The molecule has 37 heavy (non-hydrogen) atoms. The monoisotopic (exact) mass is 524 g/mol. The number of hydrogen-bond donors (Lipinski definition) is 2. The Hall–Kier alpha value is -4.19. The number of nitrogens with zero attached hydrogens (tertiary/aromatic N) is 4. The molecule has 1 atom stereocenters. The summed E-state index contributed by atoms with van der Waals surface area (Å²) >= 11 is 1.19. The summed E-state index contributed by atoms with van der Waals surface area (Å²) in [6.45, 7) is 8.13. The highest BCUT2D eigenvalue weighted by atomic mass is 32.2. The Morgan fingerprint density at radius 3 is 2.41 bits per heavy atom. The first kappa shape index (κ1) is 27.4. The van der Waals surface area contributed by atoms with E-state index in [1.54, 1.807) is 37.5 Å². The van der Waals surface area contributed by atoms with E-state index >= 15 is 0 Å². The molecule has 3 rings (SSSR count). The number of anilines is 1. The molecule has 0 fully saturated rings. The Bertz CT molecular complexity index is 1260. The van der Waals surface area contributed by atoms with E-state index in [0.29, 0.717) is 34.5 Å². The lowest BCUT2D eigenvalue weighted by atomic mass is 10.0. The number of non-ortho nitro benzene ring substituents is 1. The van der Waals surface area contributed by atoms with Crippen LogP contribution >= 0.6 is 11.8 Å². The zero-order chi connectivity index (χ0) is 26.9. The smallest absolute Gasteiger partial charge is 0.269 e. The molecule has 2 N–H and O–H groups in total. The molecule has 0 saturated carbocycles. The number of nitro groups is 1. The van der Waals surface area contributed by atoms with Crippen LogP contribution in [0.4, 0.5) is 11.4 Å². The van der Waals surface area contributed by atoms with Crippen LogP contribution in [0.3, 0.4) is 0 Å². The van der Waals surface area contributed by atoms with Gasteiger partial charge in [-0.1, -0.05) is 31.7 Å². The molecule has 2 amide bonds. The first-order valence-electron chi connectivity index (χ1n) is 11.4. The highest BCUT2D eigenvalue weighted by molar-refractivity contribution is 7.99. The van der Waals surface area contributed by atoms with Gasteiger partial charge in [0.15, 0.2) is 11.0 Å². The van der Waals surface area contributed by atoms with E-state index in [4.69, 9.17) is 4.74 Å². The van der Waals surface area contributed by atoms with Gasteiger partial charge in [-0.25, -0.2) is 0 Å². The Balaban J connectivity index is 1.71. The van der Waals surface area contributed by atoms with Gasteiger partial charge in [0.1, 0.15) is 5.75 Å². The number of ether oxygens (including phenoxy) is 1. The Labute approximate surface area is 218 Å². The molecular formula is C25H28N6O5S. The van der Waals surface area contributed by atoms with Gasteiger partial charge in [0.2, 0.25) is 5.91 Å². The second kappa shape index (κ2) is 12.7. The van der Waals surface area contributed by atoms with Gasteiger partial charge in [0, 0.05) is 29.9 Å². The van der Waals surface area contributed by atoms with Crippen molar-refractivity contribution in [1.82, 2.24) is 20.1 Å². The maximum Gasteiger partial charge on any atom is 0.269 e. The maximum absolute atomic E-state index is 12.9. The number of carbonyl (C=O) groups excluding carboxylic acids is 2. The lowest BCUT2D eigenvalue weighted by molar-refractivity contribution is -0.384. The van der Waals surface area contributed by atoms with Crippen molar-refractivity contribution in [2.45, 2.75) is 31.6 Å². The van der Waals surface area contributed by atoms with Crippen molar-refractivity contribution >= 4 is 35.0 Å². The molecule has 1 aromatic heterocycles. The number of thioether (sulfide) groups is 1. The standard InChI is InChI=1S/C25H28N6O5S/c1-5-14-30-23(22(16(2)3)27-24(33)17-6-12-20(36-4)13-7-17)28-29-25(30)37-15-21(32)26-18-8-10-19(11-9-18)31(34)35/h5-13,16,22H,1,14-15H2,2-4H3,(H,26,32)(H,27,33). The first-order valence-corrected chi connectivity index (χ1v) is 12.4. The van der Waals surface area contributed by atoms with E-state index in [2.05, 4.69) is 27.4 Å². The van der Waals surface area contributed by atoms with E-state index in [1.165, 1.54) is 36.0 Å². The van der Waals surface area contributed by atoms with Crippen LogP contribution in [0.25, 0.3) is 0 Å². The lowest BCUT2D eigenvalue weighted by Gasteiger charge is -2.22. The minimum Gasteiger partial charge on any atom is -0.497 e.